The minimum Gasteiger partial charge on any atom is -1.00 e. The van der Waals surface area contributed by atoms with Gasteiger partial charge in [-0.05, 0) is 44.9 Å². The molecule has 1 N–H and O–H groups in total. The van der Waals surface area contributed by atoms with E-state index >= 15 is 0 Å². The molecule has 0 aliphatic carbocycles. The highest BCUT2D eigenvalue weighted by Gasteiger charge is 2.20. The van der Waals surface area contributed by atoms with Crippen molar-refractivity contribution >= 4 is 5.97 Å². The van der Waals surface area contributed by atoms with E-state index in [1.165, 1.54) is 120 Å². The lowest BCUT2D eigenvalue weighted by molar-refractivity contribution is -0.910. The van der Waals surface area contributed by atoms with Gasteiger partial charge in [0.2, 0.25) is 0 Å². The third-order valence-electron chi connectivity index (χ3n) is 6.19. The number of aliphatic carboxylic acids is 1. The number of nitrogens with zero attached hydrogens (tertiary/aromatic N) is 1. The number of rotatable bonds is 22. The van der Waals surface area contributed by atoms with E-state index in [1.807, 2.05) is 0 Å². The minimum absolute atomic E-state index is 0. The summed E-state index contributed by atoms with van der Waals surface area (Å²) in [5.41, 5.74) is 0. The van der Waals surface area contributed by atoms with Crippen LogP contribution in [0.1, 0.15) is 129 Å². The van der Waals surface area contributed by atoms with Crippen LogP contribution in [0.4, 0.5) is 0 Å². The molecule has 0 aromatic carbocycles. The van der Waals surface area contributed by atoms with Crippen LogP contribution in [0, 0.1) is 0 Å². The van der Waals surface area contributed by atoms with Crippen LogP contribution in [0.3, 0.4) is 0 Å². The lowest BCUT2D eigenvalue weighted by Gasteiger charge is -2.35. The van der Waals surface area contributed by atoms with Crippen LogP contribution < -0.4 is 17.0 Å². The molecule has 0 aromatic rings. The van der Waals surface area contributed by atoms with Crippen LogP contribution in [-0.2, 0) is 4.79 Å². The highest BCUT2D eigenvalue weighted by molar-refractivity contribution is 5.66. The number of halogens is 1. The summed E-state index contributed by atoms with van der Waals surface area (Å²) in [6.07, 6.45) is 22.7. The Morgan fingerprint density at radius 3 is 1.24 bits per heavy atom. The Balaban J connectivity index is 0. The Hall–Kier alpha value is -0.0900. The van der Waals surface area contributed by atoms with Crippen molar-refractivity contribution < 1.29 is 31.4 Å². The minimum atomic E-state index is -0.651. The first kappa shape index (κ1) is 31.1. The average Bonchev–Trinajstić information content (AvgIpc) is 2.66. The Bertz CT molecular complexity index is 334. The van der Waals surface area contributed by atoms with Crippen molar-refractivity contribution in [3.8, 4) is 0 Å². The molecule has 0 amide bonds. The molecule has 0 saturated carbocycles. The molecule has 0 fully saturated rings. The van der Waals surface area contributed by atoms with Crippen molar-refractivity contribution in [2.75, 3.05) is 26.7 Å². The van der Waals surface area contributed by atoms with E-state index in [0.717, 1.165) is 12.8 Å². The Morgan fingerprint density at radius 2 is 0.897 bits per heavy atom. The Labute approximate surface area is 193 Å². The molecular weight excluding hydrogens is 426 g/mol. The van der Waals surface area contributed by atoms with Crippen molar-refractivity contribution in [1.82, 2.24) is 0 Å². The molecule has 0 aromatic heterocycles. The maximum absolute atomic E-state index is 10.6. The summed E-state index contributed by atoms with van der Waals surface area (Å²) in [6, 6.07) is 0. The molecule has 0 spiro atoms. The van der Waals surface area contributed by atoms with Gasteiger partial charge in [-0.25, -0.2) is 0 Å². The van der Waals surface area contributed by atoms with Gasteiger partial charge in [-0.1, -0.05) is 78.1 Å². The van der Waals surface area contributed by atoms with E-state index < -0.39 is 5.97 Å². The van der Waals surface area contributed by atoms with Gasteiger partial charge >= 0.3 is 5.97 Å². The fourth-order valence-corrected chi connectivity index (χ4v) is 4.18. The lowest BCUT2D eigenvalue weighted by atomic mass is 10.1. The first-order valence-electron chi connectivity index (χ1n) is 12.6. The molecule has 4 heteroatoms. The van der Waals surface area contributed by atoms with Crippen LogP contribution in [0.25, 0.3) is 0 Å². The highest BCUT2D eigenvalue weighted by Crippen LogP contribution is 2.16. The molecule has 0 atom stereocenters. The molecule has 0 heterocycles. The maximum Gasteiger partial charge on any atom is 0.303 e. The van der Waals surface area contributed by atoms with E-state index in [-0.39, 0.29) is 17.0 Å². The van der Waals surface area contributed by atoms with Crippen molar-refractivity contribution in [3.05, 3.63) is 0 Å². The summed E-state index contributed by atoms with van der Waals surface area (Å²) in [6.45, 7) is 8.58. The molecular formula is C25H52BrNO2. The Morgan fingerprint density at radius 1 is 0.586 bits per heavy atom. The summed E-state index contributed by atoms with van der Waals surface area (Å²) in [7, 11) is 2.49. The zero-order chi connectivity index (χ0) is 20.9. The van der Waals surface area contributed by atoms with Gasteiger partial charge in [0.15, 0.2) is 0 Å². The van der Waals surface area contributed by atoms with Gasteiger partial charge in [0, 0.05) is 6.42 Å². The van der Waals surface area contributed by atoms with E-state index in [9.17, 15) is 4.79 Å². The van der Waals surface area contributed by atoms with Crippen LogP contribution >= 0.6 is 0 Å². The number of carbonyl (C=O) groups is 1. The normalized spacial score (nSPS) is 11.4. The fourth-order valence-electron chi connectivity index (χ4n) is 4.18. The quantitative estimate of drug-likeness (QED) is 0.183. The van der Waals surface area contributed by atoms with Gasteiger partial charge in [-0.2, -0.15) is 0 Å². The van der Waals surface area contributed by atoms with Crippen LogP contribution in [0.2, 0.25) is 0 Å². The molecule has 0 aliphatic heterocycles. The Kier molecular flexibility index (Phi) is 24.2. The molecule has 29 heavy (non-hydrogen) atoms. The van der Waals surface area contributed by atoms with E-state index in [4.69, 9.17) is 5.11 Å². The number of carboxylic acids is 1. The summed E-state index contributed by atoms with van der Waals surface area (Å²) in [5.74, 6) is -0.651. The maximum atomic E-state index is 10.6. The predicted molar refractivity (Wildman–Crippen MR) is 123 cm³/mol. The molecule has 0 radical (unpaired) electrons. The molecule has 3 nitrogen and oxygen atoms in total. The first-order chi connectivity index (χ1) is 13.5. The molecule has 0 rings (SSSR count). The summed E-state index contributed by atoms with van der Waals surface area (Å²) in [4.78, 5) is 10.6. The number of quaternary nitrogens is 1. The molecule has 0 aliphatic rings. The largest absolute Gasteiger partial charge is 1.00 e. The number of unbranched alkanes of at least 4 members (excludes halogenated alkanes) is 14. The van der Waals surface area contributed by atoms with Crippen LogP contribution in [0.5, 0.6) is 0 Å². The van der Waals surface area contributed by atoms with Crippen LogP contribution in [0.15, 0.2) is 0 Å². The molecule has 0 saturated heterocycles. The van der Waals surface area contributed by atoms with Crippen molar-refractivity contribution in [2.45, 2.75) is 129 Å². The lowest BCUT2D eigenvalue weighted by Crippen LogP contribution is -3.00. The highest BCUT2D eigenvalue weighted by atomic mass is 79.9. The second-order valence-electron chi connectivity index (χ2n) is 9.24. The van der Waals surface area contributed by atoms with E-state index in [1.54, 1.807) is 0 Å². The average molecular weight is 479 g/mol. The standard InChI is InChI=1S/C25H51NO2.BrH/c1-4-6-8-10-14-18-22-26(3,23-19-15-11-9-7-5-2)24-20-16-12-13-17-21-25(27)28;/h4-24H2,1-3H3;1H. The molecule has 176 valence electrons. The second-order valence-corrected chi connectivity index (χ2v) is 9.24. The van der Waals surface area contributed by atoms with Crippen molar-refractivity contribution in [2.24, 2.45) is 0 Å². The van der Waals surface area contributed by atoms with Gasteiger partial charge in [0.1, 0.15) is 0 Å². The first-order valence-corrected chi connectivity index (χ1v) is 12.6. The summed E-state index contributed by atoms with van der Waals surface area (Å²) >= 11 is 0. The van der Waals surface area contributed by atoms with Crippen molar-refractivity contribution in [1.29, 1.82) is 0 Å². The van der Waals surface area contributed by atoms with Gasteiger partial charge in [0.25, 0.3) is 0 Å². The molecule has 0 unspecified atom stereocenters. The summed E-state index contributed by atoms with van der Waals surface area (Å²) in [5, 5.41) is 8.72. The van der Waals surface area contributed by atoms with E-state index in [2.05, 4.69) is 20.9 Å². The van der Waals surface area contributed by atoms with Gasteiger partial charge in [-0.15, -0.1) is 0 Å². The third kappa shape index (κ3) is 22.4. The van der Waals surface area contributed by atoms with Crippen LogP contribution in [-0.4, -0.2) is 42.2 Å². The predicted octanol–water partition coefficient (Wildman–Crippen LogP) is 4.58. The van der Waals surface area contributed by atoms with Gasteiger partial charge in [-0.3, -0.25) is 4.79 Å². The smallest absolute Gasteiger partial charge is 0.303 e. The van der Waals surface area contributed by atoms with E-state index in [0.29, 0.717) is 6.42 Å². The monoisotopic (exact) mass is 477 g/mol. The number of hydrogen-bond donors (Lipinski definition) is 1. The fraction of sp³-hybridized carbons (Fsp3) is 0.960. The number of carboxylic acid groups (broad SMARTS) is 1. The topological polar surface area (TPSA) is 37.3 Å². The van der Waals surface area contributed by atoms with Crippen molar-refractivity contribution in [3.63, 3.8) is 0 Å². The SMILES string of the molecule is CCCCCCCC[N+](C)(CCCCCCCC)CCCCCCCC(=O)O.[Br-]. The zero-order valence-electron chi connectivity index (χ0n) is 20.0. The van der Waals surface area contributed by atoms with Gasteiger partial charge in [0.05, 0.1) is 26.7 Å². The number of hydrogen-bond acceptors (Lipinski definition) is 1. The molecule has 0 bridgehead atoms. The van der Waals surface area contributed by atoms with Gasteiger partial charge < -0.3 is 26.6 Å². The second kappa shape index (κ2) is 22.6. The zero-order valence-corrected chi connectivity index (χ0v) is 21.6. The third-order valence-corrected chi connectivity index (χ3v) is 6.19. The summed E-state index contributed by atoms with van der Waals surface area (Å²) < 4.78 is 1.26.